The van der Waals surface area contributed by atoms with Crippen LogP contribution in [-0.2, 0) is 0 Å². The lowest BCUT2D eigenvalue weighted by atomic mass is 10.1. The minimum atomic E-state index is -0.612. The van der Waals surface area contributed by atoms with Gasteiger partial charge in [-0.15, -0.1) is 0 Å². The van der Waals surface area contributed by atoms with Crippen molar-refractivity contribution in [3.63, 3.8) is 0 Å². The molecule has 0 saturated carbocycles. The molecule has 286 valence electrons. The Hall–Kier alpha value is -1.13. The predicted molar refractivity (Wildman–Crippen MR) is 214 cm³/mol. The van der Waals surface area contributed by atoms with Crippen molar-refractivity contribution in [1.29, 1.82) is 0 Å². The molecule has 0 bridgehead atoms. The number of ether oxygens (including phenoxy) is 3. The quantitative estimate of drug-likeness (QED) is 0.0506. The van der Waals surface area contributed by atoms with Crippen LogP contribution in [0.2, 0.25) is 5.02 Å². The number of unbranched alkanes of at least 4 members (excludes halogenated alkanes) is 27. The Balaban J connectivity index is 2.70. The van der Waals surface area contributed by atoms with Crippen LogP contribution < -0.4 is 14.2 Å². The van der Waals surface area contributed by atoms with Gasteiger partial charge < -0.3 is 14.2 Å². The minimum absolute atomic E-state index is 0.214. The predicted octanol–water partition coefficient (Wildman–Crippen LogP) is 15.6. The number of hydrogen-bond acceptors (Lipinski definition) is 4. The summed E-state index contributed by atoms with van der Waals surface area (Å²) in [6, 6.07) is 1.65. The molecule has 0 aliphatic carbocycles. The van der Waals surface area contributed by atoms with E-state index in [1.807, 2.05) is 0 Å². The number of rotatable bonds is 37. The first-order chi connectivity index (χ1) is 24.1. The van der Waals surface area contributed by atoms with Crippen molar-refractivity contribution in [3.05, 3.63) is 16.7 Å². The van der Waals surface area contributed by atoms with Crippen LogP contribution in [0, 0.1) is 0 Å². The van der Waals surface area contributed by atoms with E-state index in [9.17, 15) is 4.79 Å². The largest absolute Gasteiger partial charge is 0.490 e. The van der Waals surface area contributed by atoms with Gasteiger partial charge in [-0.25, -0.2) is 0 Å². The molecule has 0 saturated heterocycles. The van der Waals surface area contributed by atoms with E-state index in [4.69, 9.17) is 37.4 Å². The molecule has 0 aromatic heterocycles. The van der Waals surface area contributed by atoms with Crippen LogP contribution in [0.1, 0.15) is 224 Å². The Morgan fingerprint density at radius 1 is 0.449 bits per heavy atom. The van der Waals surface area contributed by atoms with Gasteiger partial charge in [-0.1, -0.05) is 206 Å². The maximum atomic E-state index is 12.4. The first-order valence-electron chi connectivity index (χ1n) is 21.0. The Bertz CT molecular complexity index is 906. The average molecular weight is 728 g/mol. The van der Waals surface area contributed by atoms with Gasteiger partial charge in [-0.3, -0.25) is 4.79 Å². The highest BCUT2D eigenvalue weighted by molar-refractivity contribution is 6.69. The first kappa shape index (κ1) is 45.9. The molecule has 0 N–H and O–H groups in total. The van der Waals surface area contributed by atoms with Crippen molar-refractivity contribution in [2.24, 2.45) is 0 Å². The third-order valence-electron chi connectivity index (χ3n) is 9.60. The van der Waals surface area contributed by atoms with Crippen molar-refractivity contribution < 1.29 is 19.0 Å². The lowest BCUT2D eigenvalue weighted by molar-refractivity contribution is 0.108. The van der Waals surface area contributed by atoms with E-state index in [0.717, 1.165) is 38.5 Å². The van der Waals surface area contributed by atoms with Crippen molar-refractivity contribution in [2.75, 3.05) is 19.8 Å². The van der Waals surface area contributed by atoms with Gasteiger partial charge in [0.1, 0.15) is 0 Å². The van der Waals surface area contributed by atoms with E-state index >= 15 is 0 Å². The van der Waals surface area contributed by atoms with Crippen molar-refractivity contribution in [1.82, 2.24) is 0 Å². The van der Waals surface area contributed by atoms with E-state index < -0.39 is 5.24 Å². The zero-order chi connectivity index (χ0) is 35.6. The summed E-state index contributed by atoms with van der Waals surface area (Å²) in [4.78, 5) is 12.4. The third-order valence-corrected chi connectivity index (χ3v) is 10.2. The first-order valence-corrected chi connectivity index (χ1v) is 21.8. The molecule has 0 radical (unpaired) electrons. The summed E-state index contributed by atoms with van der Waals surface area (Å²) in [5.41, 5.74) is 0.214. The Morgan fingerprint density at radius 2 is 0.735 bits per heavy atom. The molecule has 1 aromatic rings. The number of carbonyl (C=O) groups is 1. The summed E-state index contributed by atoms with van der Waals surface area (Å²) in [6.07, 6.45) is 37.8. The molecule has 49 heavy (non-hydrogen) atoms. The summed E-state index contributed by atoms with van der Waals surface area (Å²) in [6.45, 7) is 8.43. The highest BCUT2D eigenvalue weighted by Crippen LogP contribution is 2.46. The Morgan fingerprint density at radius 3 is 1.06 bits per heavy atom. The van der Waals surface area contributed by atoms with Gasteiger partial charge in [0.25, 0.3) is 5.24 Å². The van der Waals surface area contributed by atoms with Gasteiger partial charge >= 0.3 is 0 Å². The van der Waals surface area contributed by atoms with Gasteiger partial charge in [0.15, 0.2) is 11.5 Å². The molecule has 0 spiro atoms. The second-order valence-electron chi connectivity index (χ2n) is 14.3. The molecule has 0 heterocycles. The molecule has 0 unspecified atom stereocenters. The molecule has 1 rings (SSSR count). The molecule has 0 amide bonds. The number of benzene rings is 1. The zero-order valence-electron chi connectivity index (χ0n) is 32.3. The van der Waals surface area contributed by atoms with E-state index in [2.05, 4.69) is 20.8 Å². The Kier molecular flexibility index (Phi) is 31.8. The molecule has 4 nitrogen and oxygen atoms in total. The molecule has 1 aromatic carbocycles. The number of carbonyl (C=O) groups excluding carboxylic acids is 1. The summed E-state index contributed by atoms with van der Waals surface area (Å²) in [7, 11) is 0. The summed E-state index contributed by atoms with van der Waals surface area (Å²) < 4.78 is 18.9. The monoisotopic (exact) mass is 727 g/mol. The molecular weight excluding hydrogens is 651 g/mol. The van der Waals surface area contributed by atoms with Crippen molar-refractivity contribution in [2.45, 2.75) is 213 Å². The molecule has 6 heteroatoms. The van der Waals surface area contributed by atoms with Gasteiger partial charge in [-0.2, -0.15) is 0 Å². The van der Waals surface area contributed by atoms with Gasteiger partial charge in [0, 0.05) is 0 Å². The van der Waals surface area contributed by atoms with Crippen LogP contribution in [0.25, 0.3) is 0 Å². The van der Waals surface area contributed by atoms with E-state index in [1.54, 1.807) is 6.07 Å². The number of halogens is 2. The fourth-order valence-electron chi connectivity index (χ4n) is 6.41. The van der Waals surface area contributed by atoms with Crippen LogP contribution in [0.3, 0.4) is 0 Å². The van der Waals surface area contributed by atoms with Crippen LogP contribution >= 0.6 is 23.2 Å². The van der Waals surface area contributed by atoms with Gasteiger partial charge in [0.2, 0.25) is 5.75 Å². The maximum absolute atomic E-state index is 12.4. The van der Waals surface area contributed by atoms with Gasteiger partial charge in [-0.05, 0) is 36.9 Å². The van der Waals surface area contributed by atoms with Gasteiger partial charge in [0.05, 0.1) is 30.4 Å². The molecular formula is C43H76Cl2O4. The molecule has 0 aliphatic rings. The second-order valence-corrected chi connectivity index (χ2v) is 15.0. The SMILES string of the molecule is CCCCCCCCCCCCOc1cc(C(=O)Cl)c(Cl)c(OCCCCCCCCCCCC)c1OCCCCCCCCCCCC. The average Bonchev–Trinajstić information content (AvgIpc) is 3.09. The van der Waals surface area contributed by atoms with Crippen molar-refractivity contribution in [3.8, 4) is 17.2 Å². The number of hydrogen-bond donors (Lipinski definition) is 0. The van der Waals surface area contributed by atoms with Crippen LogP contribution in [0.15, 0.2) is 6.07 Å². The van der Waals surface area contributed by atoms with E-state index in [1.165, 1.54) is 154 Å². The Labute approximate surface area is 313 Å². The summed E-state index contributed by atoms with van der Waals surface area (Å²) >= 11 is 12.8. The fraction of sp³-hybridized carbons (Fsp3) is 0.837. The van der Waals surface area contributed by atoms with E-state index in [0.29, 0.717) is 37.1 Å². The zero-order valence-corrected chi connectivity index (χ0v) is 33.8. The highest BCUT2D eigenvalue weighted by Gasteiger charge is 2.24. The normalized spacial score (nSPS) is 11.3. The fourth-order valence-corrected chi connectivity index (χ4v) is 6.89. The third kappa shape index (κ3) is 24.7. The minimum Gasteiger partial charge on any atom is -0.490 e. The molecule has 0 fully saturated rings. The smallest absolute Gasteiger partial charge is 0.254 e. The van der Waals surface area contributed by atoms with E-state index in [-0.39, 0.29) is 10.6 Å². The van der Waals surface area contributed by atoms with Crippen LogP contribution in [0.4, 0.5) is 0 Å². The topological polar surface area (TPSA) is 44.8 Å². The van der Waals surface area contributed by atoms with Crippen LogP contribution in [-0.4, -0.2) is 25.1 Å². The lowest BCUT2D eigenvalue weighted by Crippen LogP contribution is -2.08. The van der Waals surface area contributed by atoms with Crippen LogP contribution in [0.5, 0.6) is 17.2 Å². The maximum Gasteiger partial charge on any atom is 0.254 e. The summed E-state index contributed by atoms with van der Waals surface area (Å²) in [5, 5.41) is -0.393. The standard InChI is InChI=1S/C43H76Cl2O4/c1-4-7-10-13-16-19-22-25-28-31-34-47-39-37-38(43(45)46)40(44)42(49-36-33-30-27-24-21-18-15-12-9-6-3)41(39)48-35-32-29-26-23-20-17-14-11-8-5-2/h37H,4-36H2,1-3H3. The van der Waals surface area contributed by atoms with Crippen molar-refractivity contribution >= 4 is 28.4 Å². The summed E-state index contributed by atoms with van der Waals surface area (Å²) in [5.74, 6) is 1.42. The second kappa shape index (κ2) is 34.0. The highest BCUT2D eigenvalue weighted by atomic mass is 35.5. The lowest BCUT2D eigenvalue weighted by Gasteiger charge is -2.20. The molecule has 0 aliphatic heterocycles. The molecule has 0 atom stereocenters.